The molecule has 10 heteroatoms. The van der Waals surface area contributed by atoms with Crippen molar-refractivity contribution in [2.75, 3.05) is 11.3 Å². The second-order valence-electron chi connectivity index (χ2n) is 10.1. The lowest BCUT2D eigenvalue weighted by atomic mass is 9.99. The number of benzene rings is 3. The highest BCUT2D eigenvalue weighted by Crippen LogP contribution is 2.23. The number of fused-ring (bicyclic) bond motifs is 1. The number of nitrogens with one attached hydrogen (secondary N) is 2. The van der Waals surface area contributed by atoms with Crippen molar-refractivity contribution in [3.8, 4) is 0 Å². The summed E-state index contributed by atoms with van der Waals surface area (Å²) < 4.78 is 30.0. The Bertz CT molecular complexity index is 1570. The van der Waals surface area contributed by atoms with Crippen LogP contribution in [-0.4, -0.2) is 46.2 Å². The average Bonchev–Trinajstić information content (AvgIpc) is 3.28. The number of aliphatic hydroxyl groups excluding tert-OH is 1. The third kappa shape index (κ3) is 6.83. The summed E-state index contributed by atoms with van der Waals surface area (Å²) in [5.41, 5.74) is 2.39. The topological polar surface area (TPSA) is 134 Å². The van der Waals surface area contributed by atoms with E-state index in [0.717, 1.165) is 17.8 Å². The fourth-order valence-corrected chi connectivity index (χ4v) is 5.50. The molecule has 1 atom stereocenters. The molecule has 0 radical (unpaired) electrons. The van der Waals surface area contributed by atoms with Crippen LogP contribution in [0.4, 0.5) is 5.69 Å². The Labute approximate surface area is 228 Å². The van der Waals surface area contributed by atoms with Gasteiger partial charge in [-0.2, -0.15) is 0 Å². The Morgan fingerprint density at radius 2 is 1.79 bits per heavy atom. The molecule has 3 aromatic carbocycles. The number of rotatable bonds is 12. The van der Waals surface area contributed by atoms with Gasteiger partial charge in [0.1, 0.15) is 5.82 Å². The van der Waals surface area contributed by atoms with Crippen LogP contribution in [0.15, 0.2) is 77.7 Å². The van der Waals surface area contributed by atoms with Crippen molar-refractivity contribution in [2.24, 2.45) is 0 Å². The molecule has 4 aromatic rings. The minimum absolute atomic E-state index is 0.165. The highest BCUT2D eigenvalue weighted by atomic mass is 32.2. The molecule has 0 saturated carbocycles. The first-order chi connectivity index (χ1) is 18.5. The van der Waals surface area contributed by atoms with Gasteiger partial charge in [0.25, 0.3) is 10.0 Å². The first-order valence-electron chi connectivity index (χ1n) is 12.8. The molecule has 0 bridgehead atoms. The number of hydrogen-bond acceptors (Lipinski definition) is 6. The predicted octanol–water partition coefficient (Wildman–Crippen LogP) is 4.59. The molecule has 0 fully saturated rings. The molecule has 0 spiro atoms. The Kier molecular flexibility index (Phi) is 8.39. The number of nitrogens with zero attached hydrogens (tertiary/aromatic N) is 2. The lowest BCUT2D eigenvalue weighted by molar-refractivity contribution is 0.0697. The molecule has 0 saturated heterocycles. The third-order valence-corrected chi connectivity index (χ3v) is 8.10. The second kappa shape index (κ2) is 11.6. The van der Waals surface area contributed by atoms with E-state index in [1.54, 1.807) is 60.7 Å². The van der Waals surface area contributed by atoms with Gasteiger partial charge in [0.05, 0.1) is 27.6 Å². The molecule has 1 heterocycles. The van der Waals surface area contributed by atoms with E-state index in [1.165, 1.54) is 12.1 Å². The summed E-state index contributed by atoms with van der Waals surface area (Å²) in [6, 6.07) is 19.9. The number of aromatic nitrogens is 2. The summed E-state index contributed by atoms with van der Waals surface area (Å²) >= 11 is 0. The molecule has 9 nitrogen and oxygen atoms in total. The predicted molar refractivity (Wildman–Crippen MR) is 151 cm³/mol. The minimum atomic E-state index is -3.73. The van der Waals surface area contributed by atoms with E-state index >= 15 is 0 Å². The molecule has 206 valence electrons. The van der Waals surface area contributed by atoms with E-state index in [0.29, 0.717) is 29.7 Å². The number of aliphatic hydroxyl groups is 1. The minimum Gasteiger partial charge on any atom is -0.478 e. The van der Waals surface area contributed by atoms with Gasteiger partial charge in [-0.15, -0.1) is 0 Å². The quantitative estimate of drug-likeness (QED) is 0.203. The first-order valence-corrected chi connectivity index (χ1v) is 14.3. The fourth-order valence-electron chi connectivity index (χ4n) is 4.43. The van der Waals surface area contributed by atoms with Gasteiger partial charge in [0.15, 0.2) is 0 Å². The van der Waals surface area contributed by atoms with Crippen LogP contribution in [0.1, 0.15) is 55.0 Å². The van der Waals surface area contributed by atoms with E-state index in [4.69, 9.17) is 0 Å². The highest BCUT2D eigenvalue weighted by molar-refractivity contribution is 7.92. The van der Waals surface area contributed by atoms with E-state index < -0.39 is 22.1 Å². The van der Waals surface area contributed by atoms with Crippen LogP contribution >= 0.6 is 0 Å². The number of anilines is 1. The van der Waals surface area contributed by atoms with Crippen molar-refractivity contribution in [3.63, 3.8) is 0 Å². The van der Waals surface area contributed by atoms with E-state index in [2.05, 4.69) is 33.4 Å². The van der Waals surface area contributed by atoms with Gasteiger partial charge in [-0.3, -0.25) is 4.72 Å². The van der Waals surface area contributed by atoms with Crippen molar-refractivity contribution in [3.05, 3.63) is 89.7 Å². The number of β-amino-alcohol motifs (C(OH)–C–C–N with tert-alkyl or cyclic N) is 1. The molecule has 39 heavy (non-hydrogen) atoms. The van der Waals surface area contributed by atoms with E-state index in [-0.39, 0.29) is 22.5 Å². The summed E-state index contributed by atoms with van der Waals surface area (Å²) in [6.07, 6.45) is 0.601. The van der Waals surface area contributed by atoms with Gasteiger partial charge in [0, 0.05) is 30.7 Å². The molecule has 4 N–H and O–H groups in total. The van der Waals surface area contributed by atoms with Crippen molar-refractivity contribution >= 4 is 32.7 Å². The number of sulfonamides is 1. The summed E-state index contributed by atoms with van der Waals surface area (Å²) in [7, 11) is -3.73. The number of aromatic carboxylic acids is 1. The Balaban J connectivity index is 1.39. The lowest BCUT2D eigenvalue weighted by Crippen LogP contribution is -2.42. The summed E-state index contributed by atoms with van der Waals surface area (Å²) in [5.74, 6) is -0.0920. The van der Waals surface area contributed by atoms with Gasteiger partial charge < -0.3 is 20.1 Å². The normalized spacial score (nSPS) is 12.9. The molecule has 4 rings (SSSR count). The first kappa shape index (κ1) is 28.3. The number of carboxylic acid groups (broad SMARTS) is 1. The Hall–Kier alpha value is -3.73. The number of carboxylic acids is 1. The van der Waals surface area contributed by atoms with Gasteiger partial charge in [-0.25, -0.2) is 18.2 Å². The molecular formula is C29H34N4O5S. The summed E-state index contributed by atoms with van der Waals surface area (Å²) in [4.78, 5) is 16.1. The maximum atomic E-state index is 12.7. The fraction of sp³-hybridized carbons (Fsp3) is 0.310. The number of carbonyl (C=O) groups is 1. The maximum Gasteiger partial charge on any atom is 0.335 e. The summed E-state index contributed by atoms with van der Waals surface area (Å²) in [6.45, 7) is 7.06. The number of imidazole rings is 1. The molecular weight excluding hydrogens is 516 g/mol. The van der Waals surface area contributed by atoms with E-state index in [1.807, 2.05) is 6.92 Å². The third-order valence-electron chi connectivity index (χ3n) is 6.70. The van der Waals surface area contributed by atoms with Crippen LogP contribution in [0.2, 0.25) is 0 Å². The molecule has 0 aliphatic carbocycles. The highest BCUT2D eigenvalue weighted by Gasteiger charge is 2.22. The zero-order valence-corrected chi connectivity index (χ0v) is 23.1. The summed E-state index contributed by atoms with van der Waals surface area (Å²) in [5, 5.41) is 23.6. The van der Waals surface area contributed by atoms with Crippen LogP contribution in [0.25, 0.3) is 11.0 Å². The molecule has 0 unspecified atom stereocenters. The molecule has 0 amide bonds. The monoisotopic (exact) mass is 550 g/mol. The van der Waals surface area contributed by atoms with Crippen molar-refractivity contribution in [1.82, 2.24) is 14.9 Å². The average molecular weight is 551 g/mol. The largest absolute Gasteiger partial charge is 0.478 e. The van der Waals surface area contributed by atoms with Gasteiger partial charge in [0.2, 0.25) is 0 Å². The molecule has 1 aromatic heterocycles. The van der Waals surface area contributed by atoms with Crippen LogP contribution in [0.5, 0.6) is 0 Å². The van der Waals surface area contributed by atoms with Crippen molar-refractivity contribution in [2.45, 2.75) is 56.7 Å². The Morgan fingerprint density at radius 1 is 1.05 bits per heavy atom. The lowest BCUT2D eigenvalue weighted by Gasteiger charge is -2.28. The van der Waals surface area contributed by atoms with Crippen LogP contribution in [0.3, 0.4) is 0 Å². The molecule has 0 aliphatic heterocycles. The SMILES string of the molecule is CCc1nc2cc(C(=O)O)ccc2n1CCC(C)(C)NC[C@H](O)c1cccc(NS(=O)(=O)c2ccccc2)c1. The van der Waals surface area contributed by atoms with Crippen molar-refractivity contribution < 1.29 is 23.4 Å². The standard InChI is InChI=1S/C29H34N4O5S/c1-4-27-31-24-18-21(28(35)36)13-14-25(24)33(27)16-15-29(2,3)30-19-26(34)20-9-8-10-22(17-20)32-39(37,38)23-11-6-5-7-12-23/h5-14,17-18,26,30,32,34H,4,15-16,19H2,1-3H3,(H,35,36)/t26-/m0/s1. The second-order valence-corrected chi connectivity index (χ2v) is 11.8. The van der Waals surface area contributed by atoms with Crippen LogP contribution < -0.4 is 10.0 Å². The number of hydrogen-bond donors (Lipinski definition) is 4. The van der Waals surface area contributed by atoms with Gasteiger partial charge in [-0.05, 0) is 68.3 Å². The van der Waals surface area contributed by atoms with Crippen LogP contribution in [0, 0.1) is 0 Å². The maximum absolute atomic E-state index is 12.7. The smallest absolute Gasteiger partial charge is 0.335 e. The van der Waals surface area contributed by atoms with E-state index in [9.17, 15) is 23.4 Å². The zero-order valence-electron chi connectivity index (χ0n) is 22.3. The Morgan fingerprint density at radius 3 is 2.49 bits per heavy atom. The van der Waals surface area contributed by atoms with Gasteiger partial charge in [-0.1, -0.05) is 37.3 Å². The molecule has 0 aliphatic rings. The van der Waals surface area contributed by atoms with Gasteiger partial charge >= 0.3 is 5.97 Å². The number of aryl methyl sites for hydroxylation is 2. The van der Waals surface area contributed by atoms with Crippen LogP contribution in [-0.2, 0) is 23.0 Å². The zero-order chi connectivity index (χ0) is 28.2. The van der Waals surface area contributed by atoms with Crippen molar-refractivity contribution in [1.29, 1.82) is 0 Å².